The molecule has 1 saturated carbocycles. The van der Waals surface area contributed by atoms with Gasteiger partial charge in [0.25, 0.3) is 5.91 Å². The highest BCUT2D eigenvalue weighted by molar-refractivity contribution is 7.14. The van der Waals surface area contributed by atoms with Gasteiger partial charge in [-0.1, -0.05) is 5.16 Å². The number of ether oxygens (including phenoxy) is 1. The Morgan fingerprint density at radius 2 is 2.09 bits per heavy atom. The van der Waals surface area contributed by atoms with Crippen molar-refractivity contribution in [3.8, 4) is 0 Å². The average Bonchev–Trinajstić information content (AvgIpc) is 3.42. The number of carboxylic acids is 1. The molecule has 1 aromatic heterocycles. The van der Waals surface area contributed by atoms with Crippen molar-refractivity contribution in [2.45, 2.75) is 56.9 Å². The van der Waals surface area contributed by atoms with Gasteiger partial charge in [0, 0.05) is 37.9 Å². The molecule has 1 saturated heterocycles. The fraction of sp³-hybridized carbons (Fsp3) is 0.600. The molecular formula is C20H29N7O7S. The van der Waals surface area contributed by atoms with E-state index in [1.54, 1.807) is 20.8 Å². The lowest BCUT2D eigenvalue weighted by molar-refractivity contribution is -0.153. The van der Waals surface area contributed by atoms with Gasteiger partial charge in [-0.2, -0.15) is 0 Å². The van der Waals surface area contributed by atoms with E-state index in [-0.39, 0.29) is 41.3 Å². The monoisotopic (exact) mass is 511 g/mol. The summed E-state index contributed by atoms with van der Waals surface area (Å²) >= 11 is 1.00. The minimum atomic E-state index is -1.50. The van der Waals surface area contributed by atoms with Crippen LogP contribution in [0.4, 0.5) is 9.93 Å². The Hall–Kier alpha value is -3.30. The Balaban J connectivity index is 1.75. The molecule has 0 unspecified atom stereocenters. The van der Waals surface area contributed by atoms with Crippen molar-refractivity contribution < 1.29 is 33.9 Å². The van der Waals surface area contributed by atoms with Crippen LogP contribution < -0.4 is 27.0 Å². The number of β-lactam (4-membered cyclic amide) rings is 1. The van der Waals surface area contributed by atoms with Crippen molar-refractivity contribution in [3.63, 3.8) is 0 Å². The Bertz CT molecular complexity index is 1020. The lowest BCUT2D eigenvalue weighted by Gasteiger charge is -2.37. The lowest BCUT2D eigenvalue weighted by atomic mass is 9.98. The molecule has 3 rings (SSSR count). The number of nitrogens with two attached hydrogens (primary N) is 1. The van der Waals surface area contributed by atoms with Crippen molar-refractivity contribution in [3.05, 3.63) is 11.1 Å². The van der Waals surface area contributed by atoms with Crippen LogP contribution in [0.3, 0.4) is 0 Å². The van der Waals surface area contributed by atoms with Gasteiger partial charge < -0.3 is 36.4 Å². The number of carboxylic acid groups (broad SMARTS) is 1. The summed E-state index contributed by atoms with van der Waals surface area (Å²) in [7, 11) is 0. The van der Waals surface area contributed by atoms with Crippen LogP contribution in [0.1, 0.15) is 39.3 Å². The average molecular weight is 512 g/mol. The number of thiazole rings is 1. The van der Waals surface area contributed by atoms with Crippen LogP contribution in [-0.2, 0) is 24.0 Å². The van der Waals surface area contributed by atoms with Gasteiger partial charge in [0.15, 0.2) is 10.8 Å². The van der Waals surface area contributed by atoms with Gasteiger partial charge in [0.05, 0.1) is 6.04 Å². The standard InChI is InChI=1S/C20H29N7O7S/c1-19(2,3)33-18(32)26-17-24-11(9-35-17)13(27-34-20(4-5-20)16(30)31)15(29)25-12-10(23-14(12)28)8-22-7-6-21/h9-10,12,22H,4-8,21H2,1-3H3,(H,23,28)(H,25,29)(H,30,31)(H,24,26,32)/t10-,12-/m0/s1. The molecule has 3 amide bonds. The second-order valence-corrected chi connectivity index (χ2v) is 9.91. The molecule has 0 bridgehead atoms. The Labute approximate surface area is 205 Å². The largest absolute Gasteiger partial charge is 0.478 e. The van der Waals surface area contributed by atoms with E-state index in [1.165, 1.54) is 5.38 Å². The van der Waals surface area contributed by atoms with E-state index in [0.29, 0.717) is 19.6 Å². The zero-order chi connectivity index (χ0) is 25.8. The molecule has 14 nitrogen and oxygen atoms in total. The number of carbonyl (C=O) groups is 4. The molecule has 2 aliphatic rings. The van der Waals surface area contributed by atoms with Gasteiger partial charge in [0.2, 0.25) is 11.5 Å². The summed E-state index contributed by atoms with van der Waals surface area (Å²) in [6.07, 6.45) is -0.258. The smallest absolute Gasteiger partial charge is 0.413 e. The first-order valence-electron chi connectivity index (χ1n) is 10.9. The maximum atomic E-state index is 13.1. The van der Waals surface area contributed by atoms with Gasteiger partial charge in [-0.25, -0.2) is 14.6 Å². The van der Waals surface area contributed by atoms with Gasteiger partial charge in [-0.15, -0.1) is 11.3 Å². The van der Waals surface area contributed by atoms with Crippen LogP contribution in [0, 0.1) is 0 Å². The number of oxime groups is 1. The Kier molecular flexibility index (Phi) is 7.92. The number of nitrogens with zero attached hydrogens (tertiary/aromatic N) is 2. The summed E-state index contributed by atoms with van der Waals surface area (Å²) in [6.45, 7) is 6.46. The Morgan fingerprint density at radius 3 is 2.66 bits per heavy atom. The molecule has 0 spiro atoms. The van der Waals surface area contributed by atoms with Gasteiger partial charge in [-0.3, -0.25) is 14.9 Å². The fourth-order valence-corrected chi connectivity index (χ4v) is 3.65. The summed E-state index contributed by atoms with van der Waals surface area (Å²) in [5.74, 6) is -2.37. The summed E-state index contributed by atoms with van der Waals surface area (Å²) < 4.78 is 5.18. The van der Waals surface area contributed by atoms with E-state index < -0.39 is 35.2 Å². The number of aliphatic carboxylic acids is 1. The van der Waals surface area contributed by atoms with E-state index in [2.05, 4.69) is 31.4 Å². The van der Waals surface area contributed by atoms with E-state index in [0.717, 1.165) is 11.3 Å². The van der Waals surface area contributed by atoms with Crippen molar-refractivity contribution >= 4 is 46.1 Å². The van der Waals surface area contributed by atoms with Crippen LogP contribution in [0.15, 0.2) is 10.5 Å². The molecule has 1 aliphatic heterocycles. The molecular weight excluding hydrogens is 482 g/mol. The third-order valence-electron chi connectivity index (χ3n) is 4.96. The number of rotatable bonds is 11. The number of nitrogens with one attached hydrogen (secondary N) is 4. The van der Waals surface area contributed by atoms with E-state index in [4.69, 9.17) is 15.3 Å². The quantitative estimate of drug-likeness (QED) is 0.0958. The highest BCUT2D eigenvalue weighted by Gasteiger charge is 2.54. The molecule has 0 aromatic carbocycles. The van der Waals surface area contributed by atoms with Gasteiger partial charge in [-0.05, 0) is 20.8 Å². The first kappa shape index (κ1) is 26.3. The van der Waals surface area contributed by atoms with Crippen molar-refractivity contribution in [2.24, 2.45) is 10.9 Å². The van der Waals surface area contributed by atoms with Crippen LogP contribution in [0.25, 0.3) is 0 Å². The molecule has 35 heavy (non-hydrogen) atoms. The zero-order valence-electron chi connectivity index (χ0n) is 19.5. The molecule has 2 fully saturated rings. The van der Waals surface area contributed by atoms with E-state index in [1.807, 2.05) is 0 Å². The second kappa shape index (κ2) is 10.5. The minimum Gasteiger partial charge on any atom is -0.478 e. The first-order chi connectivity index (χ1) is 16.4. The summed E-state index contributed by atoms with van der Waals surface area (Å²) in [4.78, 5) is 58.0. The SMILES string of the molecule is CC(C)(C)OC(=O)Nc1nc(C(=NOC2(C(=O)O)CC2)C(=O)N[C@@H]2C(=O)N[C@H]2CNCCN)cs1. The van der Waals surface area contributed by atoms with Crippen LogP contribution in [0.5, 0.6) is 0 Å². The van der Waals surface area contributed by atoms with Gasteiger partial charge >= 0.3 is 12.1 Å². The highest BCUT2D eigenvalue weighted by atomic mass is 32.1. The summed E-state index contributed by atoms with van der Waals surface area (Å²) in [5.41, 5.74) is 2.92. The predicted molar refractivity (Wildman–Crippen MR) is 125 cm³/mol. The fourth-order valence-electron chi connectivity index (χ4n) is 2.97. The predicted octanol–water partition coefficient (Wildman–Crippen LogP) is -0.640. The number of carbonyl (C=O) groups excluding carboxylic acids is 3. The number of hydrogen-bond donors (Lipinski definition) is 6. The molecule has 2 heterocycles. The third kappa shape index (κ3) is 6.86. The zero-order valence-corrected chi connectivity index (χ0v) is 20.4. The third-order valence-corrected chi connectivity index (χ3v) is 5.72. The molecule has 15 heteroatoms. The summed E-state index contributed by atoms with van der Waals surface area (Å²) in [5, 5.41) is 25.5. The van der Waals surface area contributed by atoms with Crippen LogP contribution >= 0.6 is 11.3 Å². The first-order valence-corrected chi connectivity index (χ1v) is 11.8. The number of aromatic nitrogens is 1. The van der Waals surface area contributed by atoms with E-state index in [9.17, 15) is 24.3 Å². The molecule has 7 N–H and O–H groups in total. The minimum absolute atomic E-state index is 0.0253. The molecule has 2 atom stereocenters. The van der Waals surface area contributed by atoms with Crippen LogP contribution in [0.2, 0.25) is 0 Å². The lowest BCUT2D eigenvalue weighted by Crippen LogP contribution is -2.72. The molecule has 0 radical (unpaired) electrons. The second-order valence-electron chi connectivity index (χ2n) is 9.05. The Morgan fingerprint density at radius 1 is 1.37 bits per heavy atom. The topological polar surface area (TPSA) is 206 Å². The maximum Gasteiger partial charge on any atom is 0.413 e. The van der Waals surface area contributed by atoms with Crippen molar-refractivity contribution in [1.82, 2.24) is 20.9 Å². The van der Waals surface area contributed by atoms with E-state index >= 15 is 0 Å². The van der Waals surface area contributed by atoms with Crippen molar-refractivity contribution in [2.75, 3.05) is 25.0 Å². The van der Waals surface area contributed by atoms with Crippen LogP contribution in [-0.4, -0.2) is 82.6 Å². The van der Waals surface area contributed by atoms with Gasteiger partial charge in [0.1, 0.15) is 17.3 Å². The molecule has 192 valence electrons. The molecule has 1 aliphatic carbocycles. The normalized spacial score (nSPS) is 20.8. The maximum absolute atomic E-state index is 13.1. The number of hydrogen-bond acceptors (Lipinski definition) is 11. The van der Waals surface area contributed by atoms with Crippen molar-refractivity contribution in [1.29, 1.82) is 0 Å². The molecule has 1 aromatic rings. The highest BCUT2D eigenvalue weighted by Crippen LogP contribution is 2.40. The number of anilines is 1. The summed E-state index contributed by atoms with van der Waals surface area (Å²) in [6, 6.07) is -1.21. The number of amides is 3.